The van der Waals surface area contributed by atoms with Crippen LogP contribution in [0.25, 0.3) is 0 Å². The third kappa shape index (κ3) is 6.67. The van der Waals surface area contributed by atoms with Gasteiger partial charge in [-0.2, -0.15) is 0 Å². The number of ether oxygens (including phenoxy) is 1. The zero-order valence-corrected chi connectivity index (χ0v) is 18.3. The third-order valence-corrected chi connectivity index (χ3v) is 5.07. The summed E-state index contributed by atoms with van der Waals surface area (Å²) >= 11 is 0. The molecule has 0 aromatic carbocycles. The Morgan fingerprint density at radius 2 is 1.92 bits per heavy atom. The first-order valence-corrected chi connectivity index (χ1v) is 9.44. The minimum atomic E-state index is -0.0746. The van der Waals surface area contributed by atoms with E-state index in [1.807, 2.05) is 0 Å². The van der Waals surface area contributed by atoms with Gasteiger partial charge in [-0.15, -0.1) is 24.0 Å². The van der Waals surface area contributed by atoms with E-state index in [1.54, 1.807) is 0 Å². The predicted octanol–water partition coefficient (Wildman–Crippen LogP) is 2.85. The molecule has 2 saturated heterocycles. The highest BCUT2D eigenvalue weighted by Gasteiger charge is 2.29. The minimum absolute atomic E-state index is 0. The molecule has 2 aliphatic rings. The van der Waals surface area contributed by atoms with Gasteiger partial charge in [0.1, 0.15) is 0 Å². The van der Waals surface area contributed by atoms with Crippen molar-refractivity contribution in [3.63, 3.8) is 0 Å². The molecule has 2 aliphatic heterocycles. The van der Waals surface area contributed by atoms with Crippen molar-refractivity contribution in [1.82, 2.24) is 15.5 Å². The van der Waals surface area contributed by atoms with E-state index in [1.165, 1.54) is 25.9 Å². The number of guanidine groups is 1. The second kappa shape index (κ2) is 10.8. The molecule has 2 atom stereocenters. The lowest BCUT2D eigenvalue weighted by Gasteiger charge is -2.31. The zero-order chi connectivity index (χ0) is 16.7. The Labute approximate surface area is 165 Å². The number of nitrogens with zero attached hydrogens (tertiary/aromatic N) is 2. The van der Waals surface area contributed by atoms with Crippen molar-refractivity contribution in [3.8, 4) is 0 Å². The Hall–Kier alpha value is -0.0800. The molecule has 2 fully saturated rings. The molecule has 5 nitrogen and oxygen atoms in total. The average Bonchev–Trinajstić information content (AvgIpc) is 3.17. The molecule has 2 N–H and O–H groups in total. The molecule has 0 bridgehead atoms. The number of hydrogen-bond donors (Lipinski definition) is 2. The van der Waals surface area contributed by atoms with Crippen LogP contribution in [0, 0.1) is 5.92 Å². The first-order valence-electron chi connectivity index (χ1n) is 9.44. The van der Waals surface area contributed by atoms with Crippen LogP contribution in [0.2, 0.25) is 0 Å². The molecule has 0 aliphatic carbocycles. The molecule has 2 rings (SSSR count). The van der Waals surface area contributed by atoms with Crippen molar-refractivity contribution in [2.24, 2.45) is 10.9 Å². The Balaban J connectivity index is 0.00000288. The highest BCUT2D eigenvalue weighted by atomic mass is 127. The van der Waals surface area contributed by atoms with Crippen LogP contribution in [0.5, 0.6) is 0 Å². The highest BCUT2D eigenvalue weighted by molar-refractivity contribution is 14.0. The largest absolute Gasteiger partial charge is 0.373 e. The first kappa shape index (κ1) is 22.0. The second-order valence-electron chi connectivity index (χ2n) is 7.53. The van der Waals surface area contributed by atoms with E-state index in [9.17, 15) is 0 Å². The molecule has 142 valence electrons. The van der Waals surface area contributed by atoms with Crippen molar-refractivity contribution < 1.29 is 4.74 Å². The zero-order valence-electron chi connectivity index (χ0n) is 15.9. The Kier molecular flexibility index (Phi) is 9.89. The Morgan fingerprint density at radius 3 is 2.46 bits per heavy atom. The normalized spacial score (nSPS) is 26.5. The molecule has 2 unspecified atom stereocenters. The SMILES string of the molecule is CCNC(=NCC1(C)CCCO1)NCC(C(C)C)N1CCCC1.I. The van der Waals surface area contributed by atoms with Crippen LogP contribution >= 0.6 is 24.0 Å². The van der Waals surface area contributed by atoms with Gasteiger partial charge in [-0.1, -0.05) is 13.8 Å². The smallest absolute Gasteiger partial charge is 0.191 e. The number of nitrogens with one attached hydrogen (secondary N) is 2. The Bertz CT molecular complexity index is 377. The van der Waals surface area contributed by atoms with Gasteiger partial charge in [0, 0.05) is 25.7 Å². The summed E-state index contributed by atoms with van der Waals surface area (Å²) in [6.45, 7) is 14.9. The van der Waals surface area contributed by atoms with Gasteiger partial charge in [-0.25, -0.2) is 0 Å². The predicted molar refractivity (Wildman–Crippen MR) is 112 cm³/mol. The maximum atomic E-state index is 5.84. The highest BCUT2D eigenvalue weighted by Crippen LogP contribution is 2.25. The van der Waals surface area contributed by atoms with E-state index < -0.39 is 0 Å². The van der Waals surface area contributed by atoms with Crippen LogP contribution in [-0.4, -0.2) is 61.8 Å². The summed E-state index contributed by atoms with van der Waals surface area (Å²) in [5, 5.41) is 6.94. The number of aliphatic imine (C=N–C) groups is 1. The van der Waals surface area contributed by atoms with E-state index >= 15 is 0 Å². The summed E-state index contributed by atoms with van der Waals surface area (Å²) in [5.74, 6) is 1.58. The van der Waals surface area contributed by atoms with Crippen LogP contribution in [-0.2, 0) is 4.74 Å². The minimum Gasteiger partial charge on any atom is -0.373 e. The fourth-order valence-corrected chi connectivity index (χ4v) is 3.61. The standard InChI is InChI=1S/C18H36N4O.HI/c1-5-19-17(21-14-18(4)9-8-12-23-18)20-13-16(15(2)3)22-10-6-7-11-22;/h15-16H,5-14H2,1-4H3,(H2,19,20,21);1H. The van der Waals surface area contributed by atoms with Crippen molar-refractivity contribution in [2.75, 3.05) is 39.3 Å². The summed E-state index contributed by atoms with van der Waals surface area (Å²) < 4.78 is 5.84. The van der Waals surface area contributed by atoms with Gasteiger partial charge in [0.15, 0.2) is 5.96 Å². The van der Waals surface area contributed by atoms with Crippen LogP contribution < -0.4 is 10.6 Å². The maximum Gasteiger partial charge on any atom is 0.191 e. The van der Waals surface area contributed by atoms with Crippen molar-refractivity contribution >= 4 is 29.9 Å². The topological polar surface area (TPSA) is 48.9 Å². The molecule has 0 radical (unpaired) electrons. The second-order valence-corrected chi connectivity index (χ2v) is 7.53. The maximum absolute atomic E-state index is 5.84. The third-order valence-electron chi connectivity index (χ3n) is 5.07. The number of rotatable bonds is 7. The van der Waals surface area contributed by atoms with Crippen molar-refractivity contribution in [1.29, 1.82) is 0 Å². The molecular formula is C18H37IN4O. The van der Waals surface area contributed by atoms with Gasteiger partial charge in [0.25, 0.3) is 0 Å². The fourth-order valence-electron chi connectivity index (χ4n) is 3.61. The van der Waals surface area contributed by atoms with Gasteiger partial charge in [0.05, 0.1) is 12.1 Å². The monoisotopic (exact) mass is 452 g/mol. The van der Waals surface area contributed by atoms with Crippen LogP contribution in [0.1, 0.15) is 53.4 Å². The van der Waals surface area contributed by atoms with Crippen molar-refractivity contribution in [3.05, 3.63) is 0 Å². The summed E-state index contributed by atoms with van der Waals surface area (Å²) in [6, 6.07) is 0.583. The molecular weight excluding hydrogens is 415 g/mol. The number of halogens is 1. The summed E-state index contributed by atoms with van der Waals surface area (Å²) in [4.78, 5) is 7.40. The van der Waals surface area contributed by atoms with Gasteiger partial charge in [-0.05, 0) is 58.5 Å². The molecule has 0 aromatic heterocycles. The molecule has 0 saturated carbocycles. The number of hydrogen-bond acceptors (Lipinski definition) is 3. The van der Waals surface area contributed by atoms with Gasteiger partial charge in [-0.3, -0.25) is 9.89 Å². The van der Waals surface area contributed by atoms with E-state index in [4.69, 9.17) is 9.73 Å². The van der Waals surface area contributed by atoms with Gasteiger partial charge >= 0.3 is 0 Å². The molecule has 0 amide bonds. The van der Waals surface area contributed by atoms with Crippen LogP contribution in [0.15, 0.2) is 4.99 Å². The van der Waals surface area contributed by atoms with Crippen molar-refractivity contribution in [2.45, 2.75) is 65.0 Å². The lowest BCUT2D eigenvalue weighted by atomic mass is 10.0. The Morgan fingerprint density at radius 1 is 1.21 bits per heavy atom. The molecule has 0 spiro atoms. The van der Waals surface area contributed by atoms with E-state index in [-0.39, 0.29) is 29.6 Å². The van der Waals surface area contributed by atoms with E-state index in [0.717, 1.165) is 45.0 Å². The number of likely N-dealkylation sites (tertiary alicyclic amines) is 1. The van der Waals surface area contributed by atoms with Gasteiger partial charge < -0.3 is 15.4 Å². The first-order chi connectivity index (χ1) is 11.0. The molecule has 6 heteroatoms. The molecule has 2 heterocycles. The van der Waals surface area contributed by atoms with E-state index in [2.05, 4.69) is 43.2 Å². The fraction of sp³-hybridized carbons (Fsp3) is 0.944. The summed E-state index contributed by atoms with van der Waals surface area (Å²) in [6.07, 6.45) is 4.94. The summed E-state index contributed by atoms with van der Waals surface area (Å²) in [5.41, 5.74) is -0.0746. The lowest BCUT2D eigenvalue weighted by molar-refractivity contribution is 0.0283. The van der Waals surface area contributed by atoms with Gasteiger partial charge in [0.2, 0.25) is 0 Å². The van der Waals surface area contributed by atoms with Crippen LogP contribution in [0.4, 0.5) is 0 Å². The lowest BCUT2D eigenvalue weighted by Crippen LogP contribution is -2.49. The summed E-state index contributed by atoms with van der Waals surface area (Å²) in [7, 11) is 0. The van der Waals surface area contributed by atoms with Crippen LogP contribution in [0.3, 0.4) is 0 Å². The quantitative estimate of drug-likeness (QED) is 0.355. The van der Waals surface area contributed by atoms with E-state index in [0.29, 0.717) is 12.0 Å². The molecule has 24 heavy (non-hydrogen) atoms. The average molecular weight is 452 g/mol. The molecule has 0 aromatic rings.